The molecule has 7 atom stereocenters. The van der Waals surface area contributed by atoms with E-state index in [2.05, 4.69) is 35.2 Å². The number of aryl methyl sites for hydroxylation is 2. The van der Waals surface area contributed by atoms with Crippen molar-refractivity contribution in [1.29, 1.82) is 0 Å². The SMILES string of the molecule is Cn1cc(-c2cc(OCC34CC(C(=O)N5CC(F)CC5c5cccc(F)c5)(C3)C4)ncn2)cn1.Cn1cc(-c2cc(OCC34CC(C(=O)N5CC(F)CC5c5cccc(F)c5)(C3)C4)ncn2)cn1.O=C(N1CC(F)CC1c1cccc(F)c1)C12CC(COc3ccccc3)(C1)C2.O=C(N1N=CCC1c1cc(F)cc(F)c1)C12CC(CN3C(=O)C(F)(F)c4ccccc43)(C1)C2. The molecule has 9 heterocycles. The van der Waals surface area contributed by atoms with E-state index in [1.807, 2.05) is 56.8 Å². The number of aromatic nitrogens is 8. The first-order valence-electron chi connectivity index (χ1n) is 43.6. The van der Waals surface area contributed by atoms with Crippen LogP contribution in [0.2, 0.25) is 0 Å². The molecule has 7 unspecified atom stereocenters. The Morgan fingerprint density at radius 2 is 0.822 bits per heavy atom. The summed E-state index contributed by atoms with van der Waals surface area (Å²) < 4.78 is 161. The number of anilines is 1. The Balaban J connectivity index is 0.000000108. The van der Waals surface area contributed by atoms with Gasteiger partial charge in [-0.1, -0.05) is 72.8 Å². The number of amides is 5. The minimum atomic E-state index is -3.55. The van der Waals surface area contributed by atoms with Gasteiger partial charge < -0.3 is 33.8 Å². The number of alkyl halides is 5. The van der Waals surface area contributed by atoms with E-state index in [0.29, 0.717) is 79.5 Å². The van der Waals surface area contributed by atoms with Crippen LogP contribution in [0.4, 0.5) is 49.6 Å². The van der Waals surface area contributed by atoms with Crippen LogP contribution in [0.25, 0.3) is 22.5 Å². The third-order valence-corrected chi connectivity index (χ3v) is 29.1. The van der Waals surface area contributed by atoms with Gasteiger partial charge in [-0.25, -0.2) is 60.1 Å². The fourth-order valence-corrected chi connectivity index (χ4v) is 23.8. The van der Waals surface area contributed by atoms with Crippen LogP contribution in [0, 0.1) is 72.4 Å². The predicted molar refractivity (Wildman–Crippen MR) is 449 cm³/mol. The Kier molecular flexibility index (Phi) is 20.9. The van der Waals surface area contributed by atoms with Crippen molar-refractivity contribution < 1.29 is 82.1 Å². The average Bonchev–Trinajstić information content (AvgIpc) is 1.55. The van der Waals surface area contributed by atoms with E-state index in [1.165, 1.54) is 84.4 Å². The summed E-state index contributed by atoms with van der Waals surface area (Å²) in [7, 11) is 3.69. The lowest BCUT2D eigenvalue weighted by Crippen LogP contribution is -2.70. The lowest BCUT2D eigenvalue weighted by molar-refractivity contribution is -0.226. The van der Waals surface area contributed by atoms with E-state index in [0.717, 1.165) is 97.0 Å². The monoisotopic (exact) mass is 1770 g/mol. The van der Waals surface area contributed by atoms with Crippen LogP contribution in [0.3, 0.4) is 0 Å². The molecule has 15 fully saturated rings. The van der Waals surface area contributed by atoms with Crippen LogP contribution in [0.1, 0.15) is 155 Å². The van der Waals surface area contributed by atoms with Gasteiger partial charge in [0.1, 0.15) is 66.0 Å². The van der Waals surface area contributed by atoms with E-state index < -0.39 is 76.3 Å². The molecule has 0 N–H and O–H groups in total. The van der Waals surface area contributed by atoms with Gasteiger partial charge in [-0.3, -0.25) is 33.3 Å². The number of likely N-dealkylation sites (tertiary alicyclic amines) is 3. The number of hydrogen-bond donors (Lipinski definition) is 0. The molecule has 4 aromatic heterocycles. The number of rotatable bonds is 21. The van der Waals surface area contributed by atoms with Crippen molar-refractivity contribution in [3.05, 3.63) is 252 Å². The topological polar surface area (TPSA) is 229 Å². The number of ether oxygens (including phenoxy) is 3. The molecule has 0 spiro atoms. The van der Waals surface area contributed by atoms with Gasteiger partial charge >= 0.3 is 11.8 Å². The first-order chi connectivity index (χ1) is 61.8. The van der Waals surface area contributed by atoms with Gasteiger partial charge in [0.15, 0.2) is 0 Å². The zero-order chi connectivity index (χ0) is 89.5. The largest absolute Gasteiger partial charge is 0.493 e. The first-order valence-corrected chi connectivity index (χ1v) is 43.6. The summed E-state index contributed by atoms with van der Waals surface area (Å²) in [6.45, 7) is 1.96. The number of hydrogen-bond acceptors (Lipinski definition) is 15. The Hall–Kier alpha value is -12.4. The molecule has 668 valence electrons. The standard InChI is InChI=1S/2C25H25F2N5O2.C24H19F4N3O2.C23H23F2NO2/c2*1-31-9-17(8-30-31)20-7-22(29-15-28-20)34-14-24-11-25(12-24,13-24)23(33)32-10-19(27)6-21(32)16-3-2-4-18(26)5-16;25-15-7-14(8-16(26)9-15)18-5-6-29-31(18)20(32)23-10-22(11-23,12-23)13-30-19-4-2-1-3-17(19)24(27,28)21(30)33;24-17-6-4-5-16(9-17)20-10-18(25)11-26(20)21(27)23-12-22(13-23,14-23)15-28-19-7-2-1-3-8-19/h2*2-5,7-9,15,19,21H,6,10-14H2,1H3;1-4,6-9,18H,5,10-13H2;1-9,18,20H,10-15H2. The van der Waals surface area contributed by atoms with Crippen molar-refractivity contribution in [2.45, 2.75) is 151 Å². The molecule has 32 heteroatoms. The zero-order valence-electron chi connectivity index (χ0n) is 70.7. The van der Waals surface area contributed by atoms with Crippen molar-refractivity contribution in [3.8, 4) is 40.0 Å². The second-order valence-corrected chi connectivity index (χ2v) is 38.7. The summed E-state index contributed by atoms with van der Waals surface area (Å²) in [5, 5.41) is 13.8. The molecule has 17 aliphatic rings. The van der Waals surface area contributed by atoms with Gasteiger partial charge in [0.2, 0.25) is 35.4 Å². The first kappa shape index (κ1) is 84.8. The molecule has 0 radical (unpaired) electrons. The van der Waals surface area contributed by atoms with Crippen molar-refractivity contribution >= 4 is 41.4 Å². The lowest BCUT2D eigenvalue weighted by atomic mass is 9.34. The summed E-state index contributed by atoms with van der Waals surface area (Å²) in [6, 6.07) is 39.0. The highest BCUT2D eigenvalue weighted by Crippen LogP contribution is 2.78. The van der Waals surface area contributed by atoms with E-state index in [1.54, 1.807) is 97.3 Å². The van der Waals surface area contributed by atoms with E-state index in [-0.39, 0.29) is 131 Å². The van der Waals surface area contributed by atoms with Crippen molar-refractivity contribution in [2.75, 3.05) is 50.9 Å². The highest BCUT2D eigenvalue weighted by Gasteiger charge is 2.77. The number of carbonyl (C=O) groups is 5. The lowest BCUT2D eigenvalue weighted by Gasteiger charge is -2.70. The van der Waals surface area contributed by atoms with Gasteiger partial charge in [-0.15, -0.1) is 0 Å². The number of hydrazone groups is 1. The van der Waals surface area contributed by atoms with Crippen LogP contribution < -0.4 is 19.1 Å². The third-order valence-electron chi connectivity index (χ3n) is 29.1. The smallest absolute Gasteiger partial charge is 0.352 e. The van der Waals surface area contributed by atoms with Crippen molar-refractivity contribution in [3.63, 3.8) is 0 Å². The summed E-state index contributed by atoms with van der Waals surface area (Å²) >= 11 is 0. The second kappa shape index (κ2) is 31.8. The molecule has 12 saturated carbocycles. The third kappa shape index (κ3) is 15.4. The number of halogens is 10. The molecule has 10 aromatic rings. The van der Waals surface area contributed by atoms with Crippen molar-refractivity contribution in [1.82, 2.24) is 59.2 Å². The van der Waals surface area contributed by atoms with Crippen molar-refractivity contribution in [2.24, 2.45) is 62.5 Å². The minimum Gasteiger partial charge on any atom is -0.493 e. The number of nitrogens with zero attached hydrogens (tertiary/aromatic N) is 14. The number of para-hydroxylation sites is 2. The van der Waals surface area contributed by atoms with Gasteiger partial charge in [0.25, 0.3) is 0 Å². The molecule has 22 nitrogen and oxygen atoms in total. The molecule has 129 heavy (non-hydrogen) atoms. The number of benzene rings is 6. The van der Waals surface area contributed by atoms with Gasteiger partial charge in [0.05, 0.1) is 120 Å². The van der Waals surface area contributed by atoms with Gasteiger partial charge in [0, 0.05) is 111 Å². The Labute approximate surface area is 736 Å². The highest BCUT2D eigenvalue weighted by molar-refractivity contribution is 6.06. The van der Waals surface area contributed by atoms with Crippen LogP contribution >= 0.6 is 0 Å². The Morgan fingerprint density at radius 1 is 0.426 bits per heavy atom. The molecular formula is C97H92F10N14O8. The number of carbonyl (C=O) groups excluding carboxylic acids is 5. The van der Waals surface area contributed by atoms with Crippen LogP contribution in [0.15, 0.2) is 200 Å². The van der Waals surface area contributed by atoms with Gasteiger partial charge in [-0.05, 0) is 171 Å². The maximum atomic E-state index is 14.4. The van der Waals surface area contributed by atoms with Crippen LogP contribution in [-0.4, -0.2) is 159 Å². The summed E-state index contributed by atoms with van der Waals surface area (Å²) in [6.07, 6.45) is 17.6. The molecule has 5 amide bonds. The summed E-state index contributed by atoms with van der Waals surface area (Å²) in [4.78, 5) is 88.9. The van der Waals surface area contributed by atoms with Crippen LogP contribution in [-0.2, 0) is 44.0 Å². The maximum Gasteiger partial charge on any atom is 0.352 e. The van der Waals surface area contributed by atoms with E-state index in [9.17, 15) is 67.9 Å². The molecule has 3 saturated heterocycles. The predicted octanol–water partition coefficient (Wildman–Crippen LogP) is 17.0. The molecule has 6 aromatic carbocycles. The highest BCUT2D eigenvalue weighted by atomic mass is 19.3. The minimum absolute atomic E-state index is 0.00955. The molecule has 27 rings (SSSR count). The fraction of sp³-hybridized carbons (Fsp3) is 0.423. The normalized spacial score (nSPS) is 30.6. The summed E-state index contributed by atoms with van der Waals surface area (Å²) in [5.41, 5.74) is 3.20. The fourth-order valence-electron chi connectivity index (χ4n) is 23.8. The average molecular weight is 1770 g/mol. The van der Waals surface area contributed by atoms with Gasteiger partial charge in [-0.2, -0.15) is 24.1 Å². The number of fused-ring (bicyclic) bond motifs is 1. The zero-order valence-corrected chi connectivity index (χ0v) is 70.7. The Morgan fingerprint density at radius 3 is 1.24 bits per heavy atom. The molecule has 5 aliphatic heterocycles. The van der Waals surface area contributed by atoms with E-state index >= 15 is 0 Å². The molecule has 8 bridgehead atoms. The Bertz CT molecular complexity index is 5820. The van der Waals surface area contributed by atoms with E-state index in [4.69, 9.17) is 14.2 Å². The quantitative estimate of drug-likeness (QED) is 0.0610. The second-order valence-electron chi connectivity index (χ2n) is 38.7. The van der Waals surface area contributed by atoms with Crippen LogP contribution in [0.5, 0.6) is 17.5 Å². The summed E-state index contributed by atoms with van der Waals surface area (Å²) in [5.74, 6) is -5.71. The molecule has 12 aliphatic carbocycles. The molecular weight excluding hydrogens is 1680 g/mol. The maximum absolute atomic E-state index is 14.4.